The maximum absolute atomic E-state index is 12.7. The molecule has 4 rings (SSSR count). The number of carbonyl (C=O) groups is 2. The van der Waals surface area contributed by atoms with Crippen molar-refractivity contribution in [1.82, 2.24) is 0 Å². The molecule has 2 saturated heterocycles. The Bertz CT molecular complexity index is 1300. The highest BCUT2D eigenvalue weighted by Crippen LogP contribution is 2.25. The Kier molecular flexibility index (Phi) is 17.7. The van der Waals surface area contributed by atoms with Crippen LogP contribution in [0, 0.1) is 0 Å². The number of ether oxygens (including phenoxy) is 2. The first-order chi connectivity index (χ1) is 25.2. The minimum Gasteiger partial charge on any atom is -0.462 e. The lowest BCUT2D eigenvalue weighted by Gasteiger charge is -2.40. The molecule has 0 N–H and O–H groups in total. The van der Waals surface area contributed by atoms with E-state index >= 15 is 0 Å². The summed E-state index contributed by atoms with van der Waals surface area (Å²) in [5, 5.41) is 0. The van der Waals surface area contributed by atoms with Gasteiger partial charge in [-0.3, -0.25) is 0 Å². The molecule has 2 aliphatic heterocycles. The van der Waals surface area contributed by atoms with Crippen LogP contribution >= 0.6 is 0 Å². The first-order valence-corrected chi connectivity index (χ1v) is 20.7. The highest BCUT2D eigenvalue weighted by Gasteiger charge is 2.33. The quantitative estimate of drug-likeness (QED) is 0.0559. The van der Waals surface area contributed by atoms with Crippen molar-refractivity contribution < 1.29 is 28.0 Å². The molecule has 0 saturated carbocycles. The van der Waals surface area contributed by atoms with E-state index in [-0.39, 0.29) is 11.9 Å². The lowest BCUT2D eigenvalue weighted by Crippen LogP contribution is -2.54. The molecule has 0 aliphatic carbocycles. The molecule has 0 radical (unpaired) electrons. The predicted octanol–water partition coefficient (Wildman–Crippen LogP) is 9.80. The number of quaternary nitrogens is 2. The molecule has 0 unspecified atom stereocenters. The van der Waals surface area contributed by atoms with Gasteiger partial charge in [0.05, 0.1) is 52.5 Å². The molecule has 0 atom stereocenters. The summed E-state index contributed by atoms with van der Waals surface area (Å²) in [5.74, 6) is -0.0650. The molecular weight excluding hydrogens is 645 g/mol. The summed E-state index contributed by atoms with van der Waals surface area (Å²) in [6, 6.07) is 18.0. The van der Waals surface area contributed by atoms with Gasteiger partial charge >= 0.3 is 11.9 Å². The molecule has 0 aromatic heterocycles. The van der Waals surface area contributed by atoms with Crippen LogP contribution in [0.5, 0.6) is 0 Å². The number of nitrogens with zero attached hydrogens (tertiary/aromatic N) is 2. The van der Waals surface area contributed by atoms with Crippen molar-refractivity contribution in [2.75, 3.05) is 65.6 Å². The number of piperidine rings is 2. The van der Waals surface area contributed by atoms with E-state index in [0.29, 0.717) is 26.3 Å². The van der Waals surface area contributed by atoms with Crippen molar-refractivity contribution in [3.63, 3.8) is 0 Å². The van der Waals surface area contributed by atoms with E-state index in [1.54, 1.807) is 0 Å². The zero-order valence-electron chi connectivity index (χ0n) is 33.3. The standard InChI is InChI=1S/C46H70N2O4/c1-5-7-15-33-51-45(49)37-47(27-11-9-12-28-47)31-25-39(3)35-41-17-21-43(22-18-41)44-23-19-42(20-24-44)36-40(4)26-32-48(29-13-10-14-30-48)38-46(50)52-34-16-8-6-2/h17-26H,5-16,27-38H2,1-4H3/q+2/b39-25+,40-26+. The molecule has 6 nitrogen and oxygen atoms in total. The van der Waals surface area contributed by atoms with E-state index in [1.165, 1.54) is 71.9 Å². The molecule has 0 bridgehead atoms. The molecule has 2 aliphatic rings. The second-order valence-electron chi connectivity index (χ2n) is 16.1. The molecule has 2 aromatic carbocycles. The van der Waals surface area contributed by atoms with Gasteiger partial charge < -0.3 is 18.4 Å². The third kappa shape index (κ3) is 14.3. The van der Waals surface area contributed by atoms with Crippen molar-refractivity contribution >= 4 is 11.9 Å². The first-order valence-electron chi connectivity index (χ1n) is 20.7. The maximum atomic E-state index is 12.7. The van der Waals surface area contributed by atoms with Crippen molar-refractivity contribution in [3.8, 4) is 11.1 Å². The fourth-order valence-electron chi connectivity index (χ4n) is 8.01. The SMILES string of the molecule is CCCCCOC(=O)C[N+]1(C/C=C(\C)Cc2ccc(-c3ccc(C/C(C)=C/C[N+]4(CC(=O)OCCCCC)CCCCC4)cc3)cc2)CCCCC1. The monoisotopic (exact) mass is 715 g/mol. The maximum Gasteiger partial charge on any atom is 0.361 e. The zero-order chi connectivity index (χ0) is 37.1. The van der Waals surface area contributed by atoms with Crippen molar-refractivity contribution in [3.05, 3.63) is 83.0 Å². The summed E-state index contributed by atoms with van der Waals surface area (Å²) < 4.78 is 12.9. The third-order valence-corrected chi connectivity index (χ3v) is 11.3. The molecule has 6 heteroatoms. The fraction of sp³-hybridized carbons (Fsp3) is 0.609. The summed E-state index contributed by atoms with van der Waals surface area (Å²) in [6.07, 6.45) is 20.3. The van der Waals surface area contributed by atoms with Gasteiger partial charge in [-0.25, -0.2) is 9.59 Å². The minimum absolute atomic E-state index is 0.0325. The van der Waals surface area contributed by atoms with E-state index in [2.05, 4.69) is 88.4 Å². The Morgan fingerprint density at radius 3 is 1.27 bits per heavy atom. The van der Waals surface area contributed by atoms with Gasteiger partial charge in [0.1, 0.15) is 0 Å². The third-order valence-electron chi connectivity index (χ3n) is 11.3. The topological polar surface area (TPSA) is 52.6 Å². The molecule has 0 spiro atoms. The van der Waals surface area contributed by atoms with Gasteiger partial charge in [-0.05, 0) is 112 Å². The summed E-state index contributed by atoms with van der Waals surface area (Å²) in [7, 11) is 0. The first kappa shape index (κ1) is 41.5. The Morgan fingerprint density at radius 2 is 0.923 bits per heavy atom. The largest absolute Gasteiger partial charge is 0.462 e. The van der Waals surface area contributed by atoms with Crippen LogP contribution in [-0.4, -0.2) is 86.5 Å². The summed E-state index contributed by atoms with van der Waals surface area (Å²) in [4.78, 5) is 25.4. The molecule has 2 aromatic rings. The molecule has 0 amide bonds. The predicted molar refractivity (Wildman–Crippen MR) is 215 cm³/mol. The Balaban J connectivity index is 1.28. The van der Waals surface area contributed by atoms with Gasteiger partial charge in [-0.15, -0.1) is 0 Å². The van der Waals surface area contributed by atoms with E-state index in [1.807, 2.05) is 0 Å². The van der Waals surface area contributed by atoms with Gasteiger partial charge in [0.25, 0.3) is 0 Å². The van der Waals surface area contributed by atoms with Crippen LogP contribution in [0.15, 0.2) is 71.8 Å². The highest BCUT2D eigenvalue weighted by atomic mass is 16.5. The Labute approximate surface area is 316 Å². The van der Waals surface area contributed by atoms with Crippen LogP contribution in [0.2, 0.25) is 0 Å². The number of rotatable bonds is 21. The van der Waals surface area contributed by atoms with Crippen LogP contribution in [0.25, 0.3) is 11.1 Å². The average molecular weight is 715 g/mol. The van der Waals surface area contributed by atoms with Crippen LogP contribution < -0.4 is 0 Å². The van der Waals surface area contributed by atoms with Crippen molar-refractivity contribution in [1.29, 1.82) is 0 Å². The van der Waals surface area contributed by atoms with Gasteiger partial charge in [0, 0.05) is 0 Å². The minimum atomic E-state index is -0.0325. The van der Waals surface area contributed by atoms with Crippen LogP contribution in [0.1, 0.15) is 116 Å². The molecule has 2 heterocycles. The van der Waals surface area contributed by atoms with Gasteiger partial charge in [0.15, 0.2) is 13.1 Å². The second kappa shape index (κ2) is 22.1. The van der Waals surface area contributed by atoms with E-state index < -0.39 is 0 Å². The lowest BCUT2D eigenvalue weighted by molar-refractivity contribution is -0.920. The summed E-state index contributed by atoms with van der Waals surface area (Å²) >= 11 is 0. The van der Waals surface area contributed by atoms with E-state index in [4.69, 9.17) is 9.47 Å². The smallest absolute Gasteiger partial charge is 0.361 e. The number of likely N-dealkylation sites (tertiary alicyclic amines) is 2. The molecule has 52 heavy (non-hydrogen) atoms. The van der Waals surface area contributed by atoms with Crippen molar-refractivity contribution in [2.24, 2.45) is 0 Å². The number of hydrogen-bond donors (Lipinski definition) is 0. The lowest BCUT2D eigenvalue weighted by atomic mass is 9.98. The van der Waals surface area contributed by atoms with Crippen molar-refractivity contribution in [2.45, 2.75) is 118 Å². The van der Waals surface area contributed by atoms with Gasteiger partial charge in [-0.2, -0.15) is 0 Å². The Hall–Kier alpha value is -3.22. The summed E-state index contributed by atoms with van der Waals surface area (Å²) in [6.45, 7) is 17.0. The molecule has 286 valence electrons. The average Bonchev–Trinajstić information content (AvgIpc) is 3.15. The number of carbonyl (C=O) groups excluding carboxylic acids is 2. The van der Waals surface area contributed by atoms with Crippen LogP contribution in [0.3, 0.4) is 0 Å². The second-order valence-corrected chi connectivity index (χ2v) is 16.1. The molecular formula is C46H70N2O4+2. The van der Waals surface area contributed by atoms with Gasteiger partial charge in [-0.1, -0.05) is 99.2 Å². The number of allylic oxidation sites excluding steroid dienone is 2. The van der Waals surface area contributed by atoms with E-state index in [9.17, 15) is 9.59 Å². The Morgan fingerprint density at radius 1 is 0.558 bits per heavy atom. The zero-order valence-corrected chi connectivity index (χ0v) is 33.3. The van der Waals surface area contributed by atoms with E-state index in [0.717, 1.165) is 99.6 Å². The number of unbranched alkanes of at least 4 members (excludes halogenated alkanes) is 4. The molecule has 2 fully saturated rings. The number of hydrogen-bond acceptors (Lipinski definition) is 4. The van der Waals surface area contributed by atoms with Crippen LogP contribution in [-0.2, 0) is 31.9 Å². The van der Waals surface area contributed by atoms with Crippen LogP contribution in [0.4, 0.5) is 0 Å². The normalized spacial score (nSPS) is 17.5. The highest BCUT2D eigenvalue weighted by molar-refractivity contribution is 5.71. The number of esters is 2. The van der Waals surface area contributed by atoms with Gasteiger partial charge in [0.2, 0.25) is 0 Å². The fourth-order valence-corrected chi connectivity index (χ4v) is 8.01. The number of benzene rings is 2. The summed E-state index contributed by atoms with van der Waals surface area (Å²) in [5.41, 5.74) is 7.81.